The zero-order valence-electron chi connectivity index (χ0n) is 12.4. The summed E-state index contributed by atoms with van der Waals surface area (Å²) in [7, 11) is 0. The third kappa shape index (κ3) is 3.62. The highest BCUT2D eigenvalue weighted by molar-refractivity contribution is 5.97. The van der Waals surface area contributed by atoms with Crippen molar-refractivity contribution in [2.45, 2.75) is 39.2 Å². The lowest BCUT2D eigenvalue weighted by atomic mass is 10.1. The monoisotopic (exact) mass is 289 g/mol. The van der Waals surface area contributed by atoms with Crippen molar-refractivity contribution in [3.05, 3.63) is 47.4 Å². The fourth-order valence-corrected chi connectivity index (χ4v) is 2.09. The topological polar surface area (TPSA) is 66.8 Å². The molecule has 0 unspecified atom stereocenters. The van der Waals surface area contributed by atoms with Crippen LogP contribution < -0.4 is 0 Å². The number of amides is 2. The molecule has 1 aliphatic heterocycles. The minimum Gasteiger partial charge on any atom is -0.510 e. The van der Waals surface area contributed by atoms with Crippen molar-refractivity contribution in [1.29, 1.82) is 0 Å². The predicted molar refractivity (Wildman–Crippen MR) is 77.5 cm³/mol. The van der Waals surface area contributed by atoms with Crippen LogP contribution in [0.3, 0.4) is 0 Å². The molecule has 0 atom stereocenters. The molecule has 0 radical (unpaired) electrons. The van der Waals surface area contributed by atoms with Crippen molar-refractivity contribution < 1.29 is 19.4 Å². The Kier molecular flexibility index (Phi) is 4.02. The number of aliphatic hydroxyl groups excluding tert-OH is 1. The standard InChI is InChI=1S/C16H19NO4/c1-16(2,3)21-15(20)17-12(13(18)10-14(17)19)9-11-7-5-4-6-8-11/h4-8,18H,9-10H2,1-3H3. The van der Waals surface area contributed by atoms with Crippen LogP contribution >= 0.6 is 0 Å². The molecule has 5 nitrogen and oxygen atoms in total. The van der Waals surface area contributed by atoms with Gasteiger partial charge in [0.2, 0.25) is 5.91 Å². The van der Waals surface area contributed by atoms with Crippen LogP contribution in [0.4, 0.5) is 4.79 Å². The van der Waals surface area contributed by atoms with Crippen molar-refractivity contribution in [1.82, 2.24) is 4.90 Å². The van der Waals surface area contributed by atoms with Crippen molar-refractivity contribution in [3.63, 3.8) is 0 Å². The third-order valence-corrected chi connectivity index (χ3v) is 2.96. The Balaban J connectivity index is 2.23. The molecule has 1 aliphatic rings. The zero-order chi connectivity index (χ0) is 15.6. The Morgan fingerprint density at radius 1 is 1.29 bits per heavy atom. The highest BCUT2D eigenvalue weighted by atomic mass is 16.6. The maximum atomic E-state index is 12.2. The van der Waals surface area contributed by atoms with E-state index in [-0.39, 0.29) is 12.2 Å². The van der Waals surface area contributed by atoms with Crippen molar-refractivity contribution in [2.75, 3.05) is 0 Å². The highest BCUT2D eigenvalue weighted by Crippen LogP contribution is 2.27. The lowest BCUT2D eigenvalue weighted by molar-refractivity contribution is -0.126. The van der Waals surface area contributed by atoms with E-state index in [2.05, 4.69) is 0 Å². The first-order chi connectivity index (χ1) is 9.78. The Morgan fingerprint density at radius 3 is 2.48 bits per heavy atom. The first-order valence-corrected chi connectivity index (χ1v) is 6.79. The molecule has 0 aliphatic carbocycles. The maximum absolute atomic E-state index is 12.2. The van der Waals surface area contributed by atoms with Crippen LogP contribution in [0.5, 0.6) is 0 Å². The average Bonchev–Trinajstić information content (AvgIpc) is 2.63. The number of imide groups is 1. The summed E-state index contributed by atoms with van der Waals surface area (Å²) in [6, 6.07) is 9.35. The van der Waals surface area contributed by atoms with Crippen molar-refractivity contribution >= 4 is 12.0 Å². The summed E-state index contributed by atoms with van der Waals surface area (Å²) in [6.07, 6.45) is -0.610. The smallest absolute Gasteiger partial charge is 0.421 e. The van der Waals surface area contributed by atoms with E-state index < -0.39 is 17.6 Å². The fraction of sp³-hybridized carbons (Fsp3) is 0.375. The van der Waals surface area contributed by atoms with Gasteiger partial charge in [-0.15, -0.1) is 0 Å². The first kappa shape index (κ1) is 15.1. The van der Waals surface area contributed by atoms with Crippen LogP contribution in [0.2, 0.25) is 0 Å². The van der Waals surface area contributed by atoms with Gasteiger partial charge in [-0.3, -0.25) is 4.79 Å². The number of allylic oxidation sites excluding steroid dienone is 1. The second-order valence-corrected chi connectivity index (χ2v) is 5.94. The SMILES string of the molecule is CC(C)(C)OC(=O)N1C(=O)CC(O)=C1Cc1ccccc1. The largest absolute Gasteiger partial charge is 0.510 e. The van der Waals surface area contributed by atoms with Gasteiger partial charge < -0.3 is 9.84 Å². The number of hydrogen-bond donors (Lipinski definition) is 1. The molecule has 0 fully saturated rings. The second kappa shape index (κ2) is 5.60. The minimum absolute atomic E-state index is 0.0743. The van der Waals surface area contributed by atoms with Gasteiger partial charge >= 0.3 is 6.09 Å². The molecule has 1 aromatic carbocycles. The molecule has 1 aromatic rings. The van der Waals surface area contributed by atoms with E-state index in [1.54, 1.807) is 20.8 Å². The van der Waals surface area contributed by atoms with Gasteiger partial charge in [0, 0.05) is 6.42 Å². The van der Waals surface area contributed by atoms with Crippen LogP contribution in [-0.4, -0.2) is 27.6 Å². The molecule has 1 heterocycles. The average molecular weight is 289 g/mol. The maximum Gasteiger partial charge on any atom is 0.421 e. The van der Waals surface area contributed by atoms with Gasteiger partial charge in [-0.1, -0.05) is 30.3 Å². The Bertz CT molecular complexity index is 584. The Morgan fingerprint density at radius 2 is 1.90 bits per heavy atom. The fourth-order valence-electron chi connectivity index (χ4n) is 2.09. The minimum atomic E-state index is -0.748. The van der Waals surface area contributed by atoms with E-state index >= 15 is 0 Å². The predicted octanol–water partition coefficient (Wildman–Crippen LogP) is 3.17. The van der Waals surface area contributed by atoms with Gasteiger partial charge in [-0.2, -0.15) is 0 Å². The molecular formula is C16H19NO4. The van der Waals surface area contributed by atoms with E-state index in [4.69, 9.17) is 4.74 Å². The van der Waals surface area contributed by atoms with Crippen LogP contribution in [0.25, 0.3) is 0 Å². The molecular weight excluding hydrogens is 270 g/mol. The summed E-state index contributed by atoms with van der Waals surface area (Å²) in [5.74, 6) is -0.539. The molecule has 112 valence electrons. The van der Waals surface area contributed by atoms with Crippen LogP contribution in [0.1, 0.15) is 32.8 Å². The molecule has 0 saturated heterocycles. The van der Waals surface area contributed by atoms with E-state index in [0.29, 0.717) is 12.1 Å². The molecule has 1 N–H and O–H groups in total. The summed E-state index contributed by atoms with van der Waals surface area (Å²) < 4.78 is 5.23. The molecule has 0 bridgehead atoms. The van der Waals surface area contributed by atoms with Crippen LogP contribution in [-0.2, 0) is 16.0 Å². The number of aliphatic hydroxyl groups is 1. The van der Waals surface area contributed by atoms with E-state index in [1.807, 2.05) is 30.3 Å². The summed E-state index contributed by atoms with van der Waals surface area (Å²) in [5.41, 5.74) is 0.496. The molecule has 2 rings (SSSR count). The highest BCUT2D eigenvalue weighted by Gasteiger charge is 2.37. The summed E-state index contributed by atoms with van der Waals surface area (Å²) >= 11 is 0. The molecule has 0 aromatic heterocycles. The summed E-state index contributed by atoms with van der Waals surface area (Å²) in [4.78, 5) is 25.0. The number of carbonyl (C=O) groups excluding carboxylic acids is 2. The third-order valence-electron chi connectivity index (χ3n) is 2.96. The first-order valence-electron chi connectivity index (χ1n) is 6.79. The number of rotatable bonds is 2. The van der Waals surface area contributed by atoms with Gasteiger partial charge in [0.05, 0.1) is 12.1 Å². The normalized spacial score (nSPS) is 15.6. The van der Waals surface area contributed by atoms with Gasteiger partial charge in [-0.05, 0) is 26.3 Å². The zero-order valence-corrected chi connectivity index (χ0v) is 12.4. The van der Waals surface area contributed by atoms with E-state index in [0.717, 1.165) is 10.5 Å². The Hall–Kier alpha value is -2.30. The summed E-state index contributed by atoms with van der Waals surface area (Å²) in [5, 5.41) is 9.95. The van der Waals surface area contributed by atoms with E-state index in [1.165, 1.54) is 0 Å². The number of nitrogens with zero attached hydrogens (tertiary/aromatic N) is 1. The number of carbonyl (C=O) groups is 2. The molecule has 2 amide bonds. The quantitative estimate of drug-likeness (QED) is 0.908. The molecule has 0 saturated carbocycles. The van der Waals surface area contributed by atoms with E-state index in [9.17, 15) is 14.7 Å². The van der Waals surface area contributed by atoms with Gasteiger partial charge in [-0.25, -0.2) is 9.69 Å². The van der Waals surface area contributed by atoms with Crippen LogP contribution in [0.15, 0.2) is 41.8 Å². The van der Waals surface area contributed by atoms with Gasteiger partial charge in [0.25, 0.3) is 0 Å². The molecule has 5 heteroatoms. The number of ether oxygens (including phenoxy) is 1. The number of hydrogen-bond acceptors (Lipinski definition) is 4. The van der Waals surface area contributed by atoms with Crippen LogP contribution in [0, 0.1) is 0 Å². The number of benzene rings is 1. The van der Waals surface area contributed by atoms with Crippen molar-refractivity contribution in [2.24, 2.45) is 0 Å². The second-order valence-electron chi connectivity index (χ2n) is 5.94. The molecule has 0 spiro atoms. The van der Waals surface area contributed by atoms with Gasteiger partial charge in [0.15, 0.2) is 0 Å². The van der Waals surface area contributed by atoms with Crippen molar-refractivity contribution in [3.8, 4) is 0 Å². The Labute approximate surface area is 123 Å². The lowest BCUT2D eigenvalue weighted by Gasteiger charge is -2.24. The lowest BCUT2D eigenvalue weighted by Crippen LogP contribution is -2.38. The summed E-state index contributed by atoms with van der Waals surface area (Å²) in [6.45, 7) is 5.18. The van der Waals surface area contributed by atoms with Gasteiger partial charge in [0.1, 0.15) is 11.4 Å². The molecule has 21 heavy (non-hydrogen) atoms.